The van der Waals surface area contributed by atoms with Crippen LogP contribution in [0.2, 0.25) is 0 Å². The zero-order valence-corrected chi connectivity index (χ0v) is 24.3. The van der Waals surface area contributed by atoms with Crippen LogP contribution in [0.15, 0.2) is 61.3 Å². The van der Waals surface area contributed by atoms with E-state index in [-0.39, 0.29) is 5.82 Å². The van der Waals surface area contributed by atoms with Crippen LogP contribution in [0.25, 0.3) is 55.8 Å². The molecule has 11 heteroatoms. The van der Waals surface area contributed by atoms with Gasteiger partial charge in [0, 0.05) is 66.8 Å². The quantitative estimate of drug-likeness (QED) is 0.259. The fourth-order valence-corrected chi connectivity index (χ4v) is 6.34. The summed E-state index contributed by atoms with van der Waals surface area (Å²) in [5, 5.41) is 8.42. The highest BCUT2D eigenvalue weighted by molar-refractivity contribution is 5.97. The number of anilines is 1. The Bertz CT molecular complexity index is 1960. The number of hydrogen-bond acceptors (Lipinski definition) is 8. The maximum Gasteiger partial charge on any atom is 0.181 e. The molecule has 0 spiro atoms. The molecule has 2 N–H and O–H groups in total. The van der Waals surface area contributed by atoms with Crippen LogP contribution >= 0.6 is 0 Å². The lowest BCUT2D eigenvalue weighted by atomic mass is 10.0. The number of imidazole rings is 1. The Hall–Kier alpha value is -4.74. The highest BCUT2D eigenvalue weighted by Gasteiger charge is 2.19. The van der Waals surface area contributed by atoms with E-state index in [0.29, 0.717) is 30.2 Å². The molecule has 0 unspecified atom stereocenters. The molecule has 10 nitrogen and oxygen atoms in total. The van der Waals surface area contributed by atoms with E-state index >= 15 is 0 Å². The molecular formula is C33H32FN9O. The number of aromatic amines is 2. The second-order valence-electron chi connectivity index (χ2n) is 11.6. The Labute approximate surface area is 253 Å². The van der Waals surface area contributed by atoms with Gasteiger partial charge in [-0.3, -0.25) is 20.0 Å². The van der Waals surface area contributed by atoms with Crippen molar-refractivity contribution < 1.29 is 9.13 Å². The number of H-pyrrole nitrogens is 2. The summed E-state index contributed by atoms with van der Waals surface area (Å²) in [5.41, 5.74) is 8.23. The summed E-state index contributed by atoms with van der Waals surface area (Å²) in [6.45, 7) is 5.88. The number of morpholine rings is 1. The molecule has 8 rings (SSSR count). The lowest BCUT2D eigenvalue weighted by Gasteiger charge is -2.29. The van der Waals surface area contributed by atoms with Crippen molar-refractivity contribution in [2.75, 3.05) is 44.3 Å². The maximum absolute atomic E-state index is 14.9. The fourth-order valence-electron chi connectivity index (χ4n) is 6.34. The third kappa shape index (κ3) is 5.18. The molecular weight excluding hydrogens is 557 g/mol. The number of rotatable bonds is 6. The zero-order valence-electron chi connectivity index (χ0n) is 24.3. The minimum Gasteiger partial charge on any atom is -0.378 e. The Balaban J connectivity index is 1.14. The average molecular weight is 590 g/mol. The first-order chi connectivity index (χ1) is 21.7. The smallest absolute Gasteiger partial charge is 0.181 e. The van der Waals surface area contributed by atoms with Gasteiger partial charge in [-0.15, -0.1) is 0 Å². The molecule has 2 saturated heterocycles. The van der Waals surface area contributed by atoms with Crippen LogP contribution in [-0.4, -0.2) is 79.4 Å². The second-order valence-corrected chi connectivity index (χ2v) is 11.6. The van der Waals surface area contributed by atoms with Gasteiger partial charge >= 0.3 is 0 Å². The van der Waals surface area contributed by atoms with E-state index in [1.165, 1.54) is 30.9 Å². The number of aromatic nitrogens is 7. The number of likely N-dealkylation sites (tertiary alicyclic amines) is 1. The molecule has 2 aliphatic heterocycles. The van der Waals surface area contributed by atoms with Gasteiger partial charge in [0.15, 0.2) is 11.5 Å². The first-order valence-corrected chi connectivity index (χ1v) is 15.2. The molecule has 1 aromatic carbocycles. The Morgan fingerprint density at radius 2 is 1.66 bits per heavy atom. The molecule has 222 valence electrons. The van der Waals surface area contributed by atoms with E-state index in [9.17, 15) is 4.39 Å². The van der Waals surface area contributed by atoms with Gasteiger partial charge in [-0.1, -0.05) is 6.42 Å². The van der Waals surface area contributed by atoms with E-state index in [0.717, 1.165) is 77.3 Å². The van der Waals surface area contributed by atoms with Crippen molar-refractivity contribution >= 4 is 27.8 Å². The number of benzene rings is 1. The fraction of sp³-hybridized carbons (Fsp3) is 0.303. The number of pyridine rings is 3. The van der Waals surface area contributed by atoms with Gasteiger partial charge in [0.2, 0.25) is 0 Å². The van der Waals surface area contributed by atoms with Gasteiger partial charge in [0.1, 0.15) is 11.5 Å². The van der Waals surface area contributed by atoms with E-state index in [1.54, 1.807) is 18.5 Å². The number of hydrogen-bond donors (Lipinski definition) is 2. The minimum atomic E-state index is -0.301. The number of piperidine rings is 1. The van der Waals surface area contributed by atoms with Gasteiger partial charge in [-0.2, -0.15) is 5.10 Å². The molecule has 44 heavy (non-hydrogen) atoms. The van der Waals surface area contributed by atoms with Crippen LogP contribution < -0.4 is 4.90 Å². The molecule has 0 bridgehead atoms. The van der Waals surface area contributed by atoms with Gasteiger partial charge in [-0.25, -0.2) is 14.4 Å². The van der Waals surface area contributed by atoms with E-state index in [1.807, 2.05) is 24.7 Å². The largest absolute Gasteiger partial charge is 0.378 e. The van der Waals surface area contributed by atoms with Crippen LogP contribution in [0.5, 0.6) is 0 Å². The van der Waals surface area contributed by atoms with Crippen LogP contribution in [0.3, 0.4) is 0 Å². The highest BCUT2D eigenvalue weighted by Crippen LogP contribution is 2.34. The van der Waals surface area contributed by atoms with Crippen molar-refractivity contribution in [2.45, 2.75) is 25.8 Å². The van der Waals surface area contributed by atoms with Crippen molar-refractivity contribution in [3.63, 3.8) is 0 Å². The molecule has 2 aliphatic rings. The van der Waals surface area contributed by atoms with Crippen LogP contribution in [0.1, 0.15) is 24.8 Å². The number of halogens is 1. The standard InChI is InChI=1S/C33H32FN9O/c34-25-11-22(12-26(14-25)43-6-8-44-9-7-43)28-18-36-19-29-30(28)39-33(38-29)31-27-13-24(17-37-32(27)41-40-31)23-10-21(15-35-16-23)20-42-4-2-1-3-5-42/h10-19H,1-9,20H2,(H,38,39)(H,37,40,41). The van der Waals surface area contributed by atoms with Crippen molar-refractivity contribution in [2.24, 2.45) is 0 Å². The minimum absolute atomic E-state index is 0.301. The molecule has 6 aromatic rings. The van der Waals surface area contributed by atoms with E-state index in [4.69, 9.17) is 9.72 Å². The van der Waals surface area contributed by atoms with Gasteiger partial charge < -0.3 is 14.6 Å². The third-order valence-electron chi connectivity index (χ3n) is 8.59. The maximum atomic E-state index is 14.9. The number of ether oxygens (including phenoxy) is 1. The first-order valence-electron chi connectivity index (χ1n) is 15.2. The van der Waals surface area contributed by atoms with Crippen molar-refractivity contribution in [1.82, 2.24) is 40.0 Å². The molecule has 0 radical (unpaired) electrons. The van der Waals surface area contributed by atoms with Crippen molar-refractivity contribution in [3.8, 4) is 33.8 Å². The van der Waals surface area contributed by atoms with Crippen molar-refractivity contribution in [1.29, 1.82) is 0 Å². The highest BCUT2D eigenvalue weighted by atomic mass is 19.1. The Morgan fingerprint density at radius 1 is 0.818 bits per heavy atom. The molecule has 0 aliphatic carbocycles. The Morgan fingerprint density at radius 3 is 2.55 bits per heavy atom. The van der Waals surface area contributed by atoms with E-state index < -0.39 is 0 Å². The molecule has 0 saturated carbocycles. The summed E-state index contributed by atoms with van der Waals surface area (Å²) in [6.07, 6.45) is 13.0. The SMILES string of the molecule is Fc1cc(-c2cncc3[nH]c(-c4[nH]nc5ncc(-c6cncc(CN7CCCCC7)c6)cc45)nc23)cc(N2CCOCC2)c1. The lowest BCUT2D eigenvalue weighted by Crippen LogP contribution is -2.36. The summed E-state index contributed by atoms with van der Waals surface area (Å²) >= 11 is 0. The summed E-state index contributed by atoms with van der Waals surface area (Å²) in [4.78, 5) is 26.6. The number of fused-ring (bicyclic) bond motifs is 2. The van der Waals surface area contributed by atoms with Gasteiger partial charge in [0.25, 0.3) is 0 Å². The average Bonchev–Trinajstić information content (AvgIpc) is 3.69. The first kappa shape index (κ1) is 26.9. The summed E-state index contributed by atoms with van der Waals surface area (Å²) in [7, 11) is 0. The predicted octanol–water partition coefficient (Wildman–Crippen LogP) is 5.59. The summed E-state index contributed by atoms with van der Waals surface area (Å²) in [6, 6.07) is 9.38. The number of nitrogens with one attached hydrogen (secondary N) is 2. The third-order valence-corrected chi connectivity index (χ3v) is 8.59. The topological polar surface area (TPSA) is 112 Å². The van der Waals surface area contributed by atoms with Crippen LogP contribution in [-0.2, 0) is 11.3 Å². The molecule has 0 amide bonds. The molecule has 7 heterocycles. The van der Waals surface area contributed by atoms with Gasteiger partial charge in [-0.05, 0) is 67.4 Å². The van der Waals surface area contributed by atoms with Gasteiger partial charge in [0.05, 0.1) is 35.8 Å². The van der Waals surface area contributed by atoms with Crippen LogP contribution in [0, 0.1) is 5.82 Å². The predicted molar refractivity (Wildman–Crippen MR) is 168 cm³/mol. The lowest BCUT2D eigenvalue weighted by molar-refractivity contribution is 0.122. The number of nitrogens with zero attached hydrogens (tertiary/aromatic N) is 7. The normalized spacial score (nSPS) is 16.2. The Kier molecular flexibility index (Phi) is 6.96. The molecule has 0 atom stereocenters. The monoisotopic (exact) mass is 589 g/mol. The summed E-state index contributed by atoms with van der Waals surface area (Å²) < 4.78 is 20.3. The molecule has 2 fully saturated rings. The summed E-state index contributed by atoms with van der Waals surface area (Å²) in [5.74, 6) is 0.307. The van der Waals surface area contributed by atoms with E-state index in [2.05, 4.69) is 52.1 Å². The van der Waals surface area contributed by atoms with Crippen molar-refractivity contribution in [3.05, 3.63) is 72.7 Å². The van der Waals surface area contributed by atoms with Crippen LogP contribution in [0.4, 0.5) is 10.1 Å². The second kappa shape index (κ2) is 11.4. The molecule has 5 aromatic heterocycles. The zero-order chi connectivity index (χ0) is 29.5.